The summed E-state index contributed by atoms with van der Waals surface area (Å²) in [5.41, 5.74) is 0.428. The van der Waals surface area contributed by atoms with Crippen LogP contribution in [0.2, 0.25) is 0 Å². The molecule has 2 N–H and O–H groups in total. The van der Waals surface area contributed by atoms with Gasteiger partial charge in [0.05, 0.1) is 30.0 Å². The first-order valence-electron chi connectivity index (χ1n) is 9.80. The smallest absolute Gasteiger partial charge is 0.337 e. The predicted octanol–water partition coefficient (Wildman–Crippen LogP) is 3.66. The van der Waals surface area contributed by atoms with Crippen molar-refractivity contribution >= 4 is 23.4 Å². The summed E-state index contributed by atoms with van der Waals surface area (Å²) in [5, 5.41) is 12.2. The van der Waals surface area contributed by atoms with Crippen molar-refractivity contribution in [2.24, 2.45) is 0 Å². The molecule has 1 aliphatic heterocycles. The summed E-state index contributed by atoms with van der Waals surface area (Å²) in [4.78, 5) is 30.8. The first kappa shape index (κ1) is 20.4. The molecular formula is C23H21N3O5. The van der Waals surface area contributed by atoms with Gasteiger partial charge in [-0.3, -0.25) is 4.79 Å². The van der Waals surface area contributed by atoms with E-state index in [1.54, 1.807) is 30.3 Å². The molecule has 1 aromatic heterocycles. The molecule has 3 aromatic rings. The monoisotopic (exact) mass is 419 g/mol. The summed E-state index contributed by atoms with van der Waals surface area (Å²) < 4.78 is 11.1. The Bertz CT molecular complexity index is 1060. The number of hydrogen-bond acceptors (Lipinski definition) is 6. The van der Waals surface area contributed by atoms with Crippen LogP contribution in [0.1, 0.15) is 20.7 Å². The van der Waals surface area contributed by atoms with Crippen LogP contribution in [0.3, 0.4) is 0 Å². The maximum Gasteiger partial charge on any atom is 0.337 e. The number of rotatable bonds is 6. The fourth-order valence-corrected chi connectivity index (χ4v) is 3.20. The Balaban J connectivity index is 1.52. The molecule has 1 aliphatic rings. The topological polar surface area (TPSA) is 101 Å². The number of hydrogen-bond donors (Lipinski definition) is 2. The molecule has 1 saturated heterocycles. The first-order chi connectivity index (χ1) is 15.1. The van der Waals surface area contributed by atoms with E-state index in [0.29, 0.717) is 30.3 Å². The summed E-state index contributed by atoms with van der Waals surface area (Å²) in [6.45, 7) is 2.77. The predicted molar refractivity (Wildman–Crippen MR) is 115 cm³/mol. The maximum absolute atomic E-state index is 12.7. The fourth-order valence-electron chi connectivity index (χ4n) is 3.20. The minimum atomic E-state index is -1.15. The van der Waals surface area contributed by atoms with E-state index in [0.717, 1.165) is 18.9 Å². The highest BCUT2D eigenvalue weighted by molar-refractivity contribution is 6.07. The van der Waals surface area contributed by atoms with Gasteiger partial charge in [-0.1, -0.05) is 18.2 Å². The van der Waals surface area contributed by atoms with Gasteiger partial charge in [-0.2, -0.15) is 0 Å². The standard InChI is InChI=1S/C23H21N3O5/c27-22(16-6-9-21(24-15-16)26-10-12-30-13-11-26)25-20-14-18(7-8-19(20)23(28)29)31-17-4-2-1-3-5-17/h1-9,14-15H,10-13H2,(H,25,27)(H,28,29). The average Bonchev–Trinajstić information content (AvgIpc) is 2.80. The lowest BCUT2D eigenvalue weighted by Gasteiger charge is -2.27. The number of nitrogens with one attached hydrogen (secondary N) is 1. The molecule has 158 valence electrons. The van der Waals surface area contributed by atoms with Crippen LogP contribution >= 0.6 is 0 Å². The molecule has 0 spiro atoms. The lowest BCUT2D eigenvalue weighted by molar-refractivity contribution is 0.0698. The number of aromatic nitrogens is 1. The zero-order chi connectivity index (χ0) is 21.6. The molecule has 0 atom stereocenters. The number of morpholine rings is 1. The number of ether oxygens (including phenoxy) is 2. The molecule has 2 heterocycles. The lowest BCUT2D eigenvalue weighted by Crippen LogP contribution is -2.36. The Labute approximate surface area is 179 Å². The molecule has 1 amide bonds. The molecule has 1 fully saturated rings. The Morgan fingerprint density at radius 3 is 2.45 bits per heavy atom. The quantitative estimate of drug-likeness (QED) is 0.629. The number of carbonyl (C=O) groups is 2. The molecule has 8 heteroatoms. The van der Waals surface area contributed by atoms with E-state index in [1.165, 1.54) is 18.3 Å². The van der Waals surface area contributed by atoms with Gasteiger partial charge in [0.2, 0.25) is 0 Å². The van der Waals surface area contributed by atoms with Crippen LogP contribution in [0, 0.1) is 0 Å². The molecular weight excluding hydrogens is 398 g/mol. The van der Waals surface area contributed by atoms with Crippen molar-refractivity contribution in [1.82, 2.24) is 4.98 Å². The number of aromatic carboxylic acids is 1. The van der Waals surface area contributed by atoms with Crippen LogP contribution in [-0.4, -0.2) is 48.3 Å². The third-order valence-electron chi connectivity index (χ3n) is 4.79. The first-order valence-corrected chi connectivity index (χ1v) is 9.80. The Kier molecular flexibility index (Phi) is 6.09. The number of para-hydroxylation sites is 1. The number of carboxylic acid groups (broad SMARTS) is 1. The second-order valence-corrected chi connectivity index (χ2v) is 6.89. The van der Waals surface area contributed by atoms with Gasteiger partial charge in [0.15, 0.2) is 0 Å². The van der Waals surface area contributed by atoms with Crippen molar-refractivity contribution in [1.29, 1.82) is 0 Å². The van der Waals surface area contributed by atoms with Gasteiger partial charge < -0.3 is 24.8 Å². The van der Waals surface area contributed by atoms with E-state index in [4.69, 9.17) is 9.47 Å². The van der Waals surface area contributed by atoms with Crippen LogP contribution in [0.15, 0.2) is 66.9 Å². The van der Waals surface area contributed by atoms with Gasteiger partial charge in [-0.15, -0.1) is 0 Å². The fraction of sp³-hybridized carbons (Fsp3) is 0.174. The van der Waals surface area contributed by atoms with Gasteiger partial charge in [-0.05, 0) is 36.4 Å². The number of carbonyl (C=O) groups excluding carboxylic acids is 1. The van der Waals surface area contributed by atoms with E-state index in [2.05, 4.69) is 15.2 Å². The second kappa shape index (κ2) is 9.27. The average molecular weight is 419 g/mol. The number of amides is 1. The Morgan fingerprint density at radius 2 is 1.77 bits per heavy atom. The highest BCUT2D eigenvalue weighted by atomic mass is 16.5. The van der Waals surface area contributed by atoms with E-state index in [9.17, 15) is 14.7 Å². The van der Waals surface area contributed by atoms with Crippen molar-refractivity contribution in [3.8, 4) is 11.5 Å². The zero-order valence-corrected chi connectivity index (χ0v) is 16.7. The molecule has 2 aromatic carbocycles. The van der Waals surface area contributed by atoms with Gasteiger partial charge >= 0.3 is 5.97 Å². The second-order valence-electron chi connectivity index (χ2n) is 6.89. The van der Waals surface area contributed by atoms with Crippen LogP contribution in [0.25, 0.3) is 0 Å². The highest BCUT2D eigenvalue weighted by Crippen LogP contribution is 2.27. The zero-order valence-electron chi connectivity index (χ0n) is 16.7. The van der Waals surface area contributed by atoms with Crippen molar-refractivity contribution in [3.05, 3.63) is 78.0 Å². The van der Waals surface area contributed by atoms with Crippen molar-refractivity contribution in [2.45, 2.75) is 0 Å². The molecule has 0 radical (unpaired) electrons. The highest BCUT2D eigenvalue weighted by Gasteiger charge is 2.17. The van der Waals surface area contributed by atoms with Gasteiger partial charge in [0, 0.05) is 25.4 Å². The van der Waals surface area contributed by atoms with Gasteiger partial charge in [0.25, 0.3) is 5.91 Å². The molecule has 0 unspecified atom stereocenters. The number of anilines is 2. The summed E-state index contributed by atoms with van der Waals surface area (Å²) >= 11 is 0. The molecule has 31 heavy (non-hydrogen) atoms. The number of carboxylic acids is 1. The van der Waals surface area contributed by atoms with Crippen LogP contribution in [-0.2, 0) is 4.74 Å². The minimum Gasteiger partial charge on any atom is -0.478 e. The summed E-state index contributed by atoms with van der Waals surface area (Å²) in [6.07, 6.45) is 1.48. The van der Waals surface area contributed by atoms with Gasteiger partial charge in [-0.25, -0.2) is 9.78 Å². The number of benzene rings is 2. The van der Waals surface area contributed by atoms with E-state index >= 15 is 0 Å². The number of nitrogens with zero attached hydrogens (tertiary/aromatic N) is 2. The third kappa shape index (κ3) is 4.99. The van der Waals surface area contributed by atoms with Gasteiger partial charge in [0.1, 0.15) is 17.3 Å². The number of pyridine rings is 1. The maximum atomic E-state index is 12.7. The summed E-state index contributed by atoms with van der Waals surface area (Å²) in [7, 11) is 0. The molecule has 0 bridgehead atoms. The Morgan fingerprint density at radius 1 is 1.00 bits per heavy atom. The lowest BCUT2D eigenvalue weighted by atomic mass is 10.1. The normalized spacial score (nSPS) is 13.5. The largest absolute Gasteiger partial charge is 0.478 e. The molecule has 0 aliphatic carbocycles. The van der Waals surface area contributed by atoms with Crippen molar-refractivity contribution in [3.63, 3.8) is 0 Å². The third-order valence-corrected chi connectivity index (χ3v) is 4.79. The van der Waals surface area contributed by atoms with E-state index in [1.807, 2.05) is 18.2 Å². The molecule has 8 nitrogen and oxygen atoms in total. The van der Waals surface area contributed by atoms with Crippen molar-refractivity contribution < 1.29 is 24.2 Å². The Hall–Kier alpha value is -3.91. The van der Waals surface area contributed by atoms with Crippen LogP contribution in [0.5, 0.6) is 11.5 Å². The van der Waals surface area contributed by atoms with Crippen LogP contribution in [0.4, 0.5) is 11.5 Å². The summed E-state index contributed by atoms with van der Waals surface area (Å²) in [5.74, 6) is 0.171. The van der Waals surface area contributed by atoms with Crippen LogP contribution < -0.4 is 15.0 Å². The van der Waals surface area contributed by atoms with E-state index in [-0.39, 0.29) is 11.3 Å². The molecule has 4 rings (SSSR count). The van der Waals surface area contributed by atoms with E-state index < -0.39 is 11.9 Å². The SMILES string of the molecule is O=C(Nc1cc(Oc2ccccc2)ccc1C(=O)O)c1ccc(N2CCOCC2)nc1. The minimum absolute atomic E-state index is 0.0355. The molecule has 0 saturated carbocycles. The van der Waals surface area contributed by atoms with Crippen molar-refractivity contribution in [2.75, 3.05) is 36.5 Å². The summed E-state index contributed by atoms with van der Waals surface area (Å²) in [6, 6.07) is 17.0.